The van der Waals surface area contributed by atoms with Crippen molar-refractivity contribution in [1.82, 2.24) is 5.32 Å². The van der Waals surface area contributed by atoms with E-state index in [1.165, 1.54) is 12.2 Å². The number of carbonyl (C=O) groups excluding carboxylic acids is 2. The summed E-state index contributed by atoms with van der Waals surface area (Å²) >= 11 is 0. The summed E-state index contributed by atoms with van der Waals surface area (Å²) in [4.78, 5) is 23.0. The van der Waals surface area contributed by atoms with E-state index in [2.05, 4.69) is 22.1 Å². The molecule has 0 aliphatic heterocycles. The third-order valence-electron chi connectivity index (χ3n) is 5.11. The van der Waals surface area contributed by atoms with Crippen LogP contribution in [0.2, 0.25) is 0 Å². The Kier molecular flexibility index (Phi) is 7.21. The number of fused-ring (bicyclic) bond motifs is 1. The van der Waals surface area contributed by atoms with Gasteiger partial charge in [0, 0.05) is 41.9 Å². The van der Waals surface area contributed by atoms with Gasteiger partial charge in [0.05, 0.1) is 11.1 Å². The first-order valence-corrected chi connectivity index (χ1v) is 10.1. The maximum absolute atomic E-state index is 13.0. The summed E-state index contributed by atoms with van der Waals surface area (Å²) in [5.74, 6) is -1.33. The molecule has 2 aliphatic rings. The minimum absolute atomic E-state index is 0.00261. The van der Waals surface area contributed by atoms with Gasteiger partial charge in [0.1, 0.15) is 0 Å². The third-order valence-corrected chi connectivity index (χ3v) is 5.11. The Bertz CT molecular complexity index is 1130. The molecular formula is C23H19F6N3O2. The molecule has 4 N–H and O–H groups in total. The Balaban J connectivity index is 1.62. The topological polar surface area (TPSA) is 84.2 Å². The molecule has 0 heterocycles. The first kappa shape index (κ1) is 25.1. The van der Waals surface area contributed by atoms with Gasteiger partial charge in [0.25, 0.3) is 0 Å². The summed E-state index contributed by atoms with van der Waals surface area (Å²) in [6, 6.07) is 0.780. The minimum atomic E-state index is -5.00. The molecule has 0 saturated heterocycles. The van der Waals surface area contributed by atoms with Crippen LogP contribution in [0, 0.1) is 0 Å². The van der Waals surface area contributed by atoms with Gasteiger partial charge in [-0.25, -0.2) is 0 Å². The van der Waals surface area contributed by atoms with Crippen molar-refractivity contribution in [3.8, 4) is 0 Å². The number of anilines is 1. The summed E-state index contributed by atoms with van der Waals surface area (Å²) in [6.07, 6.45) is -4.20. The molecule has 34 heavy (non-hydrogen) atoms. The van der Waals surface area contributed by atoms with Gasteiger partial charge in [-0.2, -0.15) is 26.3 Å². The van der Waals surface area contributed by atoms with E-state index in [-0.39, 0.29) is 25.1 Å². The van der Waals surface area contributed by atoms with Crippen LogP contribution in [0.5, 0.6) is 0 Å². The molecule has 1 atom stereocenters. The summed E-state index contributed by atoms with van der Waals surface area (Å²) < 4.78 is 77.7. The molecule has 0 spiro atoms. The molecule has 0 aromatic heterocycles. The molecule has 180 valence electrons. The number of rotatable bonds is 7. The van der Waals surface area contributed by atoms with Crippen LogP contribution in [0.4, 0.5) is 32.0 Å². The van der Waals surface area contributed by atoms with Gasteiger partial charge in [-0.3, -0.25) is 9.59 Å². The van der Waals surface area contributed by atoms with Crippen LogP contribution < -0.4 is 16.4 Å². The molecule has 0 bridgehead atoms. The lowest BCUT2D eigenvalue weighted by Gasteiger charge is -2.16. The number of hydrogen-bond donors (Lipinski definition) is 3. The summed E-state index contributed by atoms with van der Waals surface area (Å²) in [6.45, 7) is 0.137. The quantitative estimate of drug-likeness (QED) is 0.306. The lowest BCUT2D eigenvalue weighted by molar-refractivity contribution is -0.143. The van der Waals surface area contributed by atoms with Crippen LogP contribution in [0.15, 0.2) is 64.6 Å². The van der Waals surface area contributed by atoms with Crippen molar-refractivity contribution in [2.75, 3.05) is 11.9 Å². The molecule has 2 aliphatic carbocycles. The highest BCUT2D eigenvalue weighted by atomic mass is 19.4. The fourth-order valence-electron chi connectivity index (χ4n) is 3.56. The van der Waals surface area contributed by atoms with Gasteiger partial charge in [0.15, 0.2) is 0 Å². The Labute approximate surface area is 190 Å². The number of nitrogens with two attached hydrogens (primary N) is 1. The van der Waals surface area contributed by atoms with Crippen molar-refractivity contribution in [2.45, 2.75) is 37.7 Å². The molecule has 3 rings (SSSR count). The normalized spacial score (nSPS) is 17.8. The number of primary amides is 1. The van der Waals surface area contributed by atoms with Crippen molar-refractivity contribution in [3.63, 3.8) is 0 Å². The van der Waals surface area contributed by atoms with Crippen molar-refractivity contribution >= 4 is 17.5 Å². The zero-order chi connectivity index (χ0) is 25.1. The number of hydrogen-bond acceptors (Lipinski definition) is 3. The van der Waals surface area contributed by atoms with Crippen LogP contribution in [0.3, 0.4) is 0 Å². The molecule has 1 fully saturated rings. The zero-order valence-corrected chi connectivity index (χ0v) is 17.5. The molecule has 5 nitrogen and oxygen atoms in total. The van der Waals surface area contributed by atoms with Crippen LogP contribution in [0.25, 0.3) is 0 Å². The Morgan fingerprint density at radius 2 is 1.71 bits per heavy atom. The second kappa shape index (κ2) is 9.77. The van der Waals surface area contributed by atoms with E-state index >= 15 is 0 Å². The highest BCUT2D eigenvalue weighted by Gasteiger charge is 2.37. The first-order valence-electron chi connectivity index (χ1n) is 10.1. The van der Waals surface area contributed by atoms with Gasteiger partial charge >= 0.3 is 12.4 Å². The van der Waals surface area contributed by atoms with E-state index in [1.807, 2.05) is 6.08 Å². The number of carbonyl (C=O) groups is 2. The Hall–Kier alpha value is -3.52. The molecule has 0 radical (unpaired) electrons. The number of amides is 2. The average Bonchev–Trinajstić information content (AvgIpc) is 3.13. The smallest absolute Gasteiger partial charge is 0.366 e. The average molecular weight is 483 g/mol. The highest BCUT2D eigenvalue weighted by Crippen LogP contribution is 2.37. The molecule has 2 amide bonds. The number of alkyl halides is 6. The monoisotopic (exact) mass is 483 g/mol. The van der Waals surface area contributed by atoms with Crippen LogP contribution in [-0.4, -0.2) is 24.4 Å². The minimum Gasteiger partial charge on any atom is -0.366 e. The second-order valence-electron chi connectivity index (χ2n) is 7.66. The van der Waals surface area contributed by atoms with E-state index in [9.17, 15) is 35.9 Å². The van der Waals surface area contributed by atoms with Gasteiger partial charge in [0.2, 0.25) is 11.8 Å². The third kappa shape index (κ3) is 6.51. The van der Waals surface area contributed by atoms with E-state index < -0.39 is 41.0 Å². The predicted molar refractivity (Wildman–Crippen MR) is 111 cm³/mol. The summed E-state index contributed by atoms with van der Waals surface area (Å²) in [7, 11) is 0. The Morgan fingerprint density at radius 1 is 1.06 bits per heavy atom. The fraction of sp³-hybridized carbons (Fsp3) is 0.304. The van der Waals surface area contributed by atoms with Crippen LogP contribution in [0.1, 0.15) is 30.4 Å². The van der Waals surface area contributed by atoms with Crippen LogP contribution >= 0.6 is 0 Å². The highest BCUT2D eigenvalue weighted by molar-refractivity contribution is 5.91. The lowest BCUT2D eigenvalue weighted by Crippen LogP contribution is -2.31. The summed E-state index contributed by atoms with van der Waals surface area (Å²) in [5.41, 5.74) is 9.83. The molecule has 1 aromatic rings. The number of allylic oxidation sites excluding steroid dienone is 3. The SMILES string of the molecule is NC(=O)/C=C/C1=C=C=C2C(=C1)CCC2NCCC(=O)Nc1cc(C(F)(F)F)cc(C(F)(F)F)c1. The molecular weight excluding hydrogens is 464 g/mol. The zero-order valence-electron chi connectivity index (χ0n) is 17.5. The molecule has 1 unspecified atom stereocenters. The number of halogens is 6. The predicted octanol–water partition coefficient (Wildman–Crippen LogP) is 4.39. The van der Waals surface area contributed by atoms with Gasteiger partial charge < -0.3 is 16.4 Å². The first-order chi connectivity index (χ1) is 15.8. The van der Waals surface area contributed by atoms with Gasteiger partial charge in [-0.05, 0) is 48.8 Å². The molecule has 11 heteroatoms. The molecule has 1 saturated carbocycles. The second-order valence-corrected chi connectivity index (χ2v) is 7.66. The van der Waals surface area contributed by atoms with Gasteiger partial charge in [-0.1, -0.05) is 11.5 Å². The maximum atomic E-state index is 13.0. The molecule has 1 aromatic carbocycles. The van der Waals surface area contributed by atoms with Crippen molar-refractivity contribution in [2.24, 2.45) is 5.73 Å². The van der Waals surface area contributed by atoms with Crippen molar-refractivity contribution in [3.05, 3.63) is 75.7 Å². The number of benzene rings is 1. The maximum Gasteiger partial charge on any atom is 0.416 e. The van der Waals surface area contributed by atoms with E-state index in [1.54, 1.807) is 0 Å². The standard InChI is InChI=1S/C23H19F6N3O2/c24-22(25,26)15-10-16(23(27,28)29)12-17(11-15)32-21(34)7-8-31-19-5-3-14-9-13(1-4-18(14)19)2-6-20(30)33/h2,6,9-12,19,31H,3,5,7-8H2,(H2,30,33)(H,32,34)/b6-2+. The number of nitrogens with one attached hydrogen (secondary N) is 2. The lowest BCUT2D eigenvalue weighted by atomic mass is 10.0. The largest absolute Gasteiger partial charge is 0.416 e. The van der Waals surface area contributed by atoms with E-state index in [0.717, 1.165) is 11.1 Å². The van der Waals surface area contributed by atoms with Gasteiger partial charge in [-0.15, -0.1) is 0 Å². The summed E-state index contributed by atoms with van der Waals surface area (Å²) in [5, 5.41) is 5.24. The van der Waals surface area contributed by atoms with Crippen LogP contribution in [-0.2, 0) is 21.9 Å². The fourth-order valence-corrected chi connectivity index (χ4v) is 3.56. The van der Waals surface area contributed by atoms with E-state index in [0.29, 0.717) is 30.5 Å². The Morgan fingerprint density at radius 3 is 2.29 bits per heavy atom. The van der Waals surface area contributed by atoms with Crippen molar-refractivity contribution in [1.29, 1.82) is 0 Å². The van der Waals surface area contributed by atoms with E-state index in [4.69, 9.17) is 5.73 Å². The van der Waals surface area contributed by atoms with Crippen molar-refractivity contribution < 1.29 is 35.9 Å².